The van der Waals surface area contributed by atoms with Gasteiger partial charge in [-0.05, 0) is 36.4 Å². The minimum absolute atomic E-state index is 0.00220. The predicted octanol–water partition coefficient (Wildman–Crippen LogP) is 1.29. The van der Waals surface area contributed by atoms with Crippen molar-refractivity contribution in [2.24, 2.45) is 0 Å². The van der Waals surface area contributed by atoms with Crippen LogP contribution in [0.25, 0.3) is 0 Å². The molecule has 2 aromatic rings. The molecule has 3 amide bonds. The molecule has 0 spiro atoms. The summed E-state index contributed by atoms with van der Waals surface area (Å²) in [5, 5.41) is 8.74. The van der Waals surface area contributed by atoms with Crippen LogP contribution in [0.3, 0.4) is 0 Å². The summed E-state index contributed by atoms with van der Waals surface area (Å²) in [5.41, 5.74) is 5.65. The maximum Gasteiger partial charge on any atom is 0.276 e. The maximum absolute atomic E-state index is 12.5. The summed E-state index contributed by atoms with van der Waals surface area (Å²) < 4.78 is 10.8. The Hall–Kier alpha value is -4.06. The Morgan fingerprint density at radius 1 is 1.03 bits per heavy atom. The van der Waals surface area contributed by atoms with Crippen LogP contribution in [0.2, 0.25) is 0 Å². The Bertz CT molecular complexity index is 968. The molecule has 0 aromatic heterocycles. The summed E-state index contributed by atoms with van der Waals surface area (Å²) >= 11 is 0. The van der Waals surface area contributed by atoms with Crippen LogP contribution >= 0.6 is 0 Å². The number of rotatable bonds is 6. The first kappa shape index (κ1) is 20.7. The minimum Gasteiger partial charge on any atom is -0.490 e. The van der Waals surface area contributed by atoms with Gasteiger partial charge in [-0.2, -0.15) is 5.26 Å². The number of carbonyl (C=O) groups excluding carboxylic acids is 3. The number of benzene rings is 2. The molecule has 1 aliphatic rings. The molecule has 0 bridgehead atoms. The fourth-order valence-corrected chi connectivity index (χ4v) is 2.80. The number of carbonyl (C=O) groups is 3. The Morgan fingerprint density at radius 2 is 1.77 bits per heavy atom. The monoisotopic (exact) mass is 408 g/mol. The van der Waals surface area contributed by atoms with Gasteiger partial charge in [0.25, 0.3) is 5.91 Å². The van der Waals surface area contributed by atoms with Gasteiger partial charge in [-0.3, -0.25) is 25.2 Å². The van der Waals surface area contributed by atoms with Gasteiger partial charge in [-0.1, -0.05) is 12.1 Å². The molecule has 9 nitrogen and oxygen atoms in total. The van der Waals surface area contributed by atoms with E-state index in [-0.39, 0.29) is 25.4 Å². The van der Waals surface area contributed by atoms with Crippen LogP contribution in [-0.4, -0.2) is 37.5 Å². The Labute approximate surface area is 173 Å². The summed E-state index contributed by atoms with van der Waals surface area (Å²) in [6.07, 6.45) is -0.0765. The van der Waals surface area contributed by atoms with Crippen molar-refractivity contribution in [3.8, 4) is 17.6 Å². The Balaban J connectivity index is 1.38. The largest absolute Gasteiger partial charge is 0.490 e. The zero-order chi connectivity index (χ0) is 21.3. The number of anilines is 1. The number of amides is 3. The van der Waals surface area contributed by atoms with E-state index in [1.165, 1.54) is 0 Å². The second kappa shape index (κ2) is 9.93. The van der Waals surface area contributed by atoms with Crippen molar-refractivity contribution in [2.75, 3.05) is 24.7 Å². The second-order valence-electron chi connectivity index (χ2n) is 6.38. The molecule has 30 heavy (non-hydrogen) atoms. The summed E-state index contributed by atoms with van der Waals surface area (Å²) in [6.45, 7) is 0.501. The average Bonchev–Trinajstić information content (AvgIpc) is 2.79. The fourth-order valence-electron chi connectivity index (χ4n) is 2.80. The molecule has 0 unspecified atom stereocenters. The van der Waals surface area contributed by atoms with E-state index < -0.39 is 11.8 Å². The number of nitriles is 1. The van der Waals surface area contributed by atoms with Crippen LogP contribution in [-0.2, 0) is 14.4 Å². The van der Waals surface area contributed by atoms with E-state index in [0.29, 0.717) is 35.9 Å². The highest BCUT2D eigenvalue weighted by Crippen LogP contribution is 2.31. The Morgan fingerprint density at radius 3 is 2.53 bits per heavy atom. The summed E-state index contributed by atoms with van der Waals surface area (Å²) in [7, 11) is 0. The van der Waals surface area contributed by atoms with Gasteiger partial charge < -0.3 is 14.4 Å². The van der Waals surface area contributed by atoms with E-state index in [1.807, 2.05) is 18.2 Å². The predicted molar refractivity (Wildman–Crippen MR) is 106 cm³/mol. The van der Waals surface area contributed by atoms with E-state index in [0.717, 1.165) is 0 Å². The van der Waals surface area contributed by atoms with Crippen molar-refractivity contribution in [3.63, 3.8) is 0 Å². The van der Waals surface area contributed by atoms with Crippen molar-refractivity contribution in [1.29, 1.82) is 5.26 Å². The third-order valence-corrected chi connectivity index (χ3v) is 4.29. The first-order chi connectivity index (χ1) is 14.6. The number of para-hydroxylation sites is 2. The normalized spacial score (nSPS) is 12.0. The third kappa shape index (κ3) is 5.48. The lowest BCUT2D eigenvalue weighted by molar-refractivity contribution is -0.130. The first-order valence-corrected chi connectivity index (χ1v) is 9.29. The molecule has 3 rings (SSSR count). The van der Waals surface area contributed by atoms with Crippen LogP contribution in [0.5, 0.6) is 11.5 Å². The lowest BCUT2D eigenvalue weighted by Crippen LogP contribution is -2.44. The highest BCUT2D eigenvalue weighted by molar-refractivity contribution is 5.97. The molecule has 0 saturated heterocycles. The third-order valence-electron chi connectivity index (χ3n) is 4.29. The quantitative estimate of drug-likeness (QED) is 0.695. The van der Waals surface area contributed by atoms with Crippen LogP contribution in [0.15, 0.2) is 48.5 Å². The van der Waals surface area contributed by atoms with E-state index in [1.54, 1.807) is 41.3 Å². The second-order valence-corrected chi connectivity index (χ2v) is 6.38. The number of hydrogen-bond acceptors (Lipinski definition) is 6. The highest BCUT2D eigenvalue weighted by Gasteiger charge is 2.23. The van der Waals surface area contributed by atoms with E-state index in [2.05, 4.69) is 10.9 Å². The van der Waals surface area contributed by atoms with Crippen LogP contribution in [0.4, 0.5) is 5.69 Å². The van der Waals surface area contributed by atoms with Gasteiger partial charge >= 0.3 is 0 Å². The molecule has 0 fully saturated rings. The molecule has 0 radical (unpaired) electrons. The van der Waals surface area contributed by atoms with Crippen molar-refractivity contribution < 1.29 is 23.9 Å². The van der Waals surface area contributed by atoms with Crippen molar-refractivity contribution >= 4 is 23.4 Å². The van der Waals surface area contributed by atoms with E-state index >= 15 is 0 Å². The number of ether oxygens (including phenoxy) is 2. The van der Waals surface area contributed by atoms with Crippen LogP contribution in [0, 0.1) is 11.3 Å². The number of fused-ring (bicyclic) bond motifs is 1. The molecular formula is C21H20N4O5. The van der Waals surface area contributed by atoms with Gasteiger partial charge in [0.2, 0.25) is 11.8 Å². The summed E-state index contributed by atoms with van der Waals surface area (Å²) in [5.74, 6) is -0.183. The molecule has 2 N–H and O–H groups in total. The fraction of sp³-hybridized carbons (Fsp3) is 0.238. The van der Waals surface area contributed by atoms with Gasteiger partial charge in [0.05, 0.1) is 23.9 Å². The molecule has 0 aliphatic carbocycles. The summed E-state index contributed by atoms with van der Waals surface area (Å²) in [6, 6.07) is 15.5. The molecule has 1 aliphatic heterocycles. The topological polar surface area (TPSA) is 121 Å². The molecule has 2 aromatic carbocycles. The number of nitrogens with zero attached hydrogens (tertiary/aromatic N) is 2. The summed E-state index contributed by atoms with van der Waals surface area (Å²) in [4.78, 5) is 37.8. The molecular weight excluding hydrogens is 388 g/mol. The molecule has 1 heterocycles. The maximum atomic E-state index is 12.5. The van der Waals surface area contributed by atoms with Crippen molar-refractivity contribution in [1.82, 2.24) is 10.9 Å². The molecule has 9 heteroatoms. The SMILES string of the molecule is N#Cc1ccc(OCC(=O)NNC(=O)CCC(=O)N2CCOc3ccccc32)cc1. The number of nitrogens with one attached hydrogen (secondary N) is 2. The van der Waals surface area contributed by atoms with Gasteiger partial charge in [0.1, 0.15) is 18.1 Å². The van der Waals surface area contributed by atoms with Gasteiger partial charge in [0, 0.05) is 12.8 Å². The average molecular weight is 408 g/mol. The van der Waals surface area contributed by atoms with Gasteiger partial charge in [-0.25, -0.2) is 0 Å². The highest BCUT2D eigenvalue weighted by atomic mass is 16.5. The van der Waals surface area contributed by atoms with Gasteiger partial charge in [0.15, 0.2) is 6.61 Å². The van der Waals surface area contributed by atoms with E-state index in [4.69, 9.17) is 14.7 Å². The van der Waals surface area contributed by atoms with Crippen LogP contribution in [0.1, 0.15) is 18.4 Å². The smallest absolute Gasteiger partial charge is 0.276 e. The van der Waals surface area contributed by atoms with Gasteiger partial charge in [-0.15, -0.1) is 0 Å². The lowest BCUT2D eigenvalue weighted by atomic mass is 10.2. The number of hydrazine groups is 1. The standard InChI is InChI=1S/C21H20N4O5/c22-13-15-5-7-16(8-6-15)30-14-20(27)24-23-19(26)9-10-21(28)25-11-12-29-18-4-2-1-3-17(18)25/h1-8H,9-12,14H2,(H,23,26)(H,24,27). The molecule has 0 atom stereocenters. The first-order valence-electron chi connectivity index (χ1n) is 9.29. The zero-order valence-corrected chi connectivity index (χ0v) is 16.1. The zero-order valence-electron chi connectivity index (χ0n) is 16.1. The van der Waals surface area contributed by atoms with E-state index in [9.17, 15) is 14.4 Å². The minimum atomic E-state index is -0.554. The molecule has 0 saturated carbocycles. The number of hydrogen-bond donors (Lipinski definition) is 2. The Kier molecular flexibility index (Phi) is 6.84. The van der Waals surface area contributed by atoms with Crippen molar-refractivity contribution in [2.45, 2.75) is 12.8 Å². The molecule has 154 valence electrons. The lowest BCUT2D eigenvalue weighted by Gasteiger charge is -2.29. The van der Waals surface area contributed by atoms with Crippen LogP contribution < -0.4 is 25.2 Å². The van der Waals surface area contributed by atoms with Crippen molar-refractivity contribution in [3.05, 3.63) is 54.1 Å².